The third-order valence-electron chi connectivity index (χ3n) is 3.64. The smallest absolute Gasteiger partial charge is 0.228 e. The second-order valence-electron chi connectivity index (χ2n) is 5.18. The lowest BCUT2D eigenvalue weighted by Crippen LogP contribution is -2.21. The van der Waals surface area contributed by atoms with Crippen molar-refractivity contribution in [1.29, 1.82) is 0 Å². The molecule has 3 nitrogen and oxygen atoms in total. The number of amides is 1. The van der Waals surface area contributed by atoms with Crippen LogP contribution in [0.4, 0.5) is 15.8 Å². The number of anilines is 2. The molecule has 0 saturated heterocycles. The van der Waals surface area contributed by atoms with Gasteiger partial charge in [-0.15, -0.1) is 0 Å². The van der Waals surface area contributed by atoms with Gasteiger partial charge in [0.1, 0.15) is 5.82 Å². The van der Waals surface area contributed by atoms with Crippen LogP contribution in [-0.2, 0) is 11.2 Å². The third-order valence-corrected chi connectivity index (χ3v) is 4.13. The molecule has 0 aliphatic carbocycles. The molecule has 122 valence electrons. The summed E-state index contributed by atoms with van der Waals surface area (Å²) in [6, 6.07) is 12.3. The van der Waals surface area contributed by atoms with Crippen molar-refractivity contribution in [3.63, 3.8) is 0 Å². The molecule has 0 aliphatic rings. The van der Waals surface area contributed by atoms with E-state index in [4.69, 9.17) is 0 Å². The van der Waals surface area contributed by atoms with Crippen molar-refractivity contribution in [3.05, 3.63) is 58.3 Å². The Morgan fingerprint density at radius 2 is 1.78 bits per heavy atom. The van der Waals surface area contributed by atoms with Crippen LogP contribution in [0.3, 0.4) is 0 Å². The molecule has 0 bridgehead atoms. The van der Waals surface area contributed by atoms with Crippen LogP contribution in [0.2, 0.25) is 0 Å². The lowest BCUT2D eigenvalue weighted by atomic mass is 10.1. The number of hydrogen-bond acceptors (Lipinski definition) is 2. The van der Waals surface area contributed by atoms with E-state index >= 15 is 0 Å². The fourth-order valence-electron chi connectivity index (χ4n) is 2.40. The number of halogens is 2. The summed E-state index contributed by atoms with van der Waals surface area (Å²) in [5.41, 5.74) is 2.20. The molecule has 1 N–H and O–H groups in total. The van der Waals surface area contributed by atoms with Crippen LogP contribution in [0, 0.1) is 5.82 Å². The van der Waals surface area contributed by atoms with Crippen LogP contribution in [0.25, 0.3) is 0 Å². The van der Waals surface area contributed by atoms with Crippen molar-refractivity contribution in [3.8, 4) is 0 Å². The van der Waals surface area contributed by atoms with Gasteiger partial charge in [0.05, 0.1) is 6.42 Å². The first-order valence-electron chi connectivity index (χ1n) is 7.62. The number of nitrogens with one attached hydrogen (secondary N) is 1. The molecule has 1 amide bonds. The summed E-state index contributed by atoms with van der Waals surface area (Å²) in [7, 11) is 0. The maximum atomic E-state index is 13.7. The minimum Gasteiger partial charge on any atom is -0.372 e. The minimum atomic E-state index is -0.375. The van der Waals surface area contributed by atoms with Crippen molar-refractivity contribution in [2.45, 2.75) is 20.3 Å². The first-order valence-corrected chi connectivity index (χ1v) is 8.41. The van der Waals surface area contributed by atoms with Gasteiger partial charge in [-0.05, 0) is 61.9 Å². The summed E-state index contributed by atoms with van der Waals surface area (Å²) in [5.74, 6) is -0.613. The van der Waals surface area contributed by atoms with Crippen molar-refractivity contribution < 1.29 is 9.18 Å². The normalized spacial score (nSPS) is 10.4. The van der Waals surface area contributed by atoms with Gasteiger partial charge in [0.2, 0.25) is 5.91 Å². The first kappa shape index (κ1) is 17.5. The average Bonchev–Trinajstić information content (AvgIpc) is 2.53. The zero-order chi connectivity index (χ0) is 16.8. The Labute approximate surface area is 144 Å². The second kappa shape index (κ2) is 8.11. The number of hydrogen-bond donors (Lipinski definition) is 1. The summed E-state index contributed by atoms with van der Waals surface area (Å²) in [6.45, 7) is 6.08. The van der Waals surface area contributed by atoms with E-state index in [9.17, 15) is 9.18 Å². The molecule has 0 unspecified atom stereocenters. The van der Waals surface area contributed by atoms with Gasteiger partial charge in [-0.3, -0.25) is 4.79 Å². The SMILES string of the molecule is CCN(CC)c1ccc(NC(=O)Cc2cc(Br)ccc2F)cc1. The Morgan fingerprint density at radius 1 is 1.13 bits per heavy atom. The quantitative estimate of drug-likeness (QED) is 0.795. The van der Waals surface area contributed by atoms with E-state index in [1.54, 1.807) is 12.1 Å². The van der Waals surface area contributed by atoms with E-state index in [2.05, 4.69) is 40.0 Å². The van der Waals surface area contributed by atoms with Crippen molar-refractivity contribution >= 4 is 33.2 Å². The fraction of sp³-hybridized carbons (Fsp3) is 0.278. The van der Waals surface area contributed by atoms with Crippen LogP contribution in [0.5, 0.6) is 0 Å². The Bertz CT molecular complexity index is 669. The van der Waals surface area contributed by atoms with Crippen LogP contribution >= 0.6 is 15.9 Å². The van der Waals surface area contributed by atoms with E-state index in [0.29, 0.717) is 11.3 Å². The van der Waals surface area contributed by atoms with E-state index in [-0.39, 0.29) is 18.1 Å². The standard InChI is InChI=1S/C18H20BrFN2O/c1-3-22(4-2)16-8-6-15(7-9-16)21-18(23)12-13-11-14(19)5-10-17(13)20/h5-11H,3-4,12H2,1-2H3,(H,21,23). The van der Waals surface area contributed by atoms with Gasteiger partial charge in [0, 0.05) is 28.9 Å². The first-order chi connectivity index (χ1) is 11.0. The molecule has 0 radical (unpaired) electrons. The molecule has 2 aromatic rings. The summed E-state index contributed by atoms with van der Waals surface area (Å²) in [6.07, 6.45) is 0.00305. The highest BCUT2D eigenvalue weighted by molar-refractivity contribution is 9.10. The number of rotatable bonds is 6. The molecule has 5 heteroatoms. The fourth-order valence-corrected chi connectivity index (χ4v) is 2.81. The zero-order valence-corrected chi connectivity index (χ0v) is 14.9. The molecule has 0 saturated carbocycles. The Balaban J connectivity index is 2.01. The number of nitrogens with zero attached hydrogens (tertiary/aromatic N) is 1. The van der Waals surface area contributed by atoms with E-state index in [1.165, 1.54) is 6.07 Å². The van der Waals surface area contributed by atoms with Crippen LogP contribution in [0.1, 0.15) is 19.4 Å². The molecule has 2 rings (SSSR count). The minimum absolute atomic E-state index is 0.00305. The van der Waals surface area contributed by atoms with Crippen molar-refractivity contribution in [2.75, 3.05) is 23.3 Å². The Morgan fingerprint density at radius 3 is 2.39 bits per heavy atom. The lowest BCUT2D eigenvalue weighted by molar-refractivity contribution is -0.115. The van der Waals surface area contributed by atoms with Crippen molar-refractivity contribution in [1.82, 2.24) is 0 Å². The topological polar surface area (TPSA) is 32.3 Å². The highest BCUT2D eigenvalue weighted by Crippen LogP contribution is 2.19. The molecule has 0 atom stereocenters. The second-order valence-corrected chi connectivity index (χ2v) is 6.10. The Kier molecular flexibility index (Phi) is 6.16. The van der Waals surface area contributed by atoms with Gasteiger partial charge in [-0.25, -0.2) is 4.39 Å². The van der Waals surface area contributed by atoms with E-state index in [0.717, 1.165) is 23.2 Å². The number of benzene rings is 2. The molecular formula is C18H20BrFN2O. The molecule has 2 aromatic carbocycles. The van der Waals surface area contributed by atoms with Gasteiger partial charge in [-0.1, -0.05) is 15.9 Å². The van der Waals surface area contributed by atoms with E-state index < -0.39 is 0 Å². The molecule has 0 aliphatic heterocycles. The maximum absolute atomic E-state index is 13.7. The number of carbonyl (C=O) groups is 1. The summed E-state index contributed by atoms with van der Waals surface area (Å²) >= 11 is 3.29. The van der Waals surface area contributed by atoms with Gasteiger partial charge in [-0.2, -0.15) is 0 Å². The van der Waals surface area contributed by atoms with Crippen molar-refractivity contribution in [2.24, 2.45) is 0 Å². The van der Waals surface area contributed by atoms with Gasteiger partial charge < -0.3 is 10.2 Å². The average molecular weight is 379 g/mol. The summed E-state index contributed by atoms with van der Waals surface area (Å²) < 4.78 is 14.4. The van der Waals surface area contributed by atoms with Gasteiger partial charge in [0.25, 0.3) is 0 Å². The van der Waals surface area contributed by atoms with Crippen LogP contribution in [0.15, 0.2) is 46.9 Å². The summed E-state index contributed by atoms with van der Waals surface area (Å²) in [5, 5.41) is 2.80. The zero-order valence-electron chi connectivity index (χ0n) is 13.3. The van der Waals surface area contributed by atoms with Crippen LogP contribution in [-0.4, -0.2) is 19.0 Å². The molecule has 0 fully saturated rings. The molecular weight excluding hydrogens is 359 g/mol. The van der Waals surface area contributed by atoms with Gasteiger partial charge >= 0.3 is 0 Å². The van der Waals surface area contributed by atoms with Gasteiger partial charge in [0.15, 0.2) is 0 Å². The highest BCUT2D eigenvalue weighted by Gasteiger charge is 2.09. The number of carbonyl (C=O) groups excluding carboxylic acids is 1. The largest absolute Gasteiger partial charge is 0.372 e. The highest BCUT2D eigenvalue weighted by atomic mass is 79.9. The predicted octanol–water partition coefficient (Wildman–Crippen LogP) is 4.62. The van der Waals surface area contributed by atoms with Crippen LogP contribution < -0.4 is 10.2 Å². The van der Waals surface area contributed by atoms with E-state index in [1.807, 2.05) is 24.3 Å². The molecule has 0 heterocycles. The Hall–Kier alpha value is -1.88. The maximum Gasteiger partial charge on any atom is 0.228 e. The molecule has 23 heavy (non-hydrogen) atoms. The summed E-state index contributed by atoms with van der Waals surface area (Å²) in [4.78, 5) is 14.3. The molecule has 0 aromatic heterocycles. The molecule has 0 spiro atoms. The predicted molar refractivity (Wildman–Crippen MR) is 96.4 cm³/mol. The monoisotopic (exact) mass is 378 g/mol. The third kappa shape index (κ3) is 4.79. The lowest BCUT2D eigenvalue weighted by Gasteiger charge is -2.21.